The van der Waals surface area contributed by atoms with Gasteiger partial charge in [0, 0.05) is 22.8 Å². The second kappa shape index (κ2) is 19.5. The van der Waals surface area contributed by atoms with Gasteiger partial charge in [0.25, 0.3) is 0 Å². The molecule has 1 saturated heterocycles. The fraction of sp³-hybridized carbons (Fsp3) is 0.462. The normalized spacial score (nSPS) is 13.1. The van der Waals surface area contributed by atoms with Gasteiger partial charge in [-0.1, -0.05) is 40.0 Å². The Hall–Kier alpha value is -2.50. The highest BCUT2D eigenvalue weighted by molar-refractivity contribution is 5.80. The highest BCUT2D eigenvalue weighted by Gasteiger charge is 2.14. The Bertz CT molecular complexity index is 728. The molecule has 1 aliphatic heterocycles. The number of piperidine rings is 1. The molecule has 0 bridgehead atoms. The van der Waals surface area contributed by atoms with Crippen LogP contribution in [0.5, 0.6) is 5.75 Å². The molecule has 5 heteroatoms. The number of aromatic amines is 1. The Morgan fingerprint density at radius 1 is 1.23 bits per heavy atom. The van der Waals surface area contributed by atoms with Crippen LogP contribution in [0.1, 0.15) is 47.0 Å². The van der Waals surface area contributed by atoms with Gasteiger partial charge in [-0.2, -0.15) is 0 Å². The second-order valence-electron chi connectivity index (χ2n) is 6.77. The summed E-state index contributed by atoms with van der Waals surface area (Å²) in [5, 5.41) is 10.4. The Morgan fingerprint density at radius 3 is 2.48 bits per heavy atom. The van der Waals surface area contributed by atoms with Crippen LogP contribution >= 0.6 is 0 Å². The first-order valence-corrected chi connectivity index (χ1v) is 11.4. The topological polar surface area (TPSA) is 61.1 Å². The molecule has 0 spiro atoms. The van der Waals surface area contributed by atoms with Crippen LogP contribution in [0.4, 0.5) is 0 Å². The zero-order valence-electron chi connectivity index (χ0n) is 20.3. The molecule has 31 heavy (non-hydrogen) atoms. The van der Waals surface area contributed by atoms with Crippen LogP contribution in [0, 0.1) is 0 Å². The van der Waals surface area contributed by atoms with Gasteiger partial charge in [-0.3, -0.25) is 0 Å². The molecule has 2 heterocycles. The molecule has 0 saturated carbocycles. The largest absolute Gasteiger partial charge is 0.490 e. The first kappa shape index (κ1) is 28.5. The van der Waals surface area contributed by atoms with Crippen molar-refractivity contribution in [2.75, 3.05) is 26.7 Å². The van der Waals surface area contributed by atoms with Crippen molar-refractivity contribution >= 4 is 10.9 Å². The molecule has 0 amide bonds. The van der Waals surface area contributed by atoms with Crippen molar-refractivity contribution in [3.8, 4) is 5.75 Å². The summed E-state index contributed by atoms with van der Waals surface area (Å²) in [5.41, 5.74) is 2.03. The standard InChI is InChI=1S/C13H16N2O.C7H11N.C4H11N.C2H6/c1-2-13-10(3-8-15-13)9-12(1)16-11-4-6-14-7-5-11;1-4-6-7(3)8-5-2;1-3-4-5-2;1-2/h1-3,8-9,11,14-15H,4-7H2;4-6,8H,2-3H2,1H3;5H,3-4H2,1-2H3;1-2H3/b;6-4-;;. The Labute approximate surface area is 190 Å². The highest BCUT2D eigenvalue weighted by Crippen LogP contribution is 2.22. The lowest BCUT2D eigenvalue weighted by Gasteiger charge is -2.23. The fourth-order valence-electron chi connectivity index (χ4n) is 2.84. The van der Waals surface area contributed by atoms with Gasteiger partial charge < -0.3 is 25.7 Å². The molecule has 3 rings (SSSR count). The molecule has 174 valence electrons. The number of benzene rings is 1. The van der Waals surface area contributed by atoms with E-state index in [1.807, 2.05) is 52.2 Å². The number of fused-ring (bicyclic) bond motifs is 1. The van der Waals surface area contributed by atoms with Crippen LogP contribution in [-0.4, -0.2) is 37.8 Å². The minimum Gasteiger partial charge on any atom is -0.490 e. The maximum Gasteiger partial charge on any atom is 0.120 e. The van der Waals surface area contributed by atoms with E-state index in [2.05, 4.69) is 59.2 Å². The molecule has 2 aromatic rings. The minimum absolute atomic E-state index is 0.373. The van der Waals surface area contributed by atoms with E-state index >= 15 is 0 Å². The maximum absolute atomic E-state index is 5.98. The second-order valence-corrected chi connectivity index (χ2v) is 6.77. The van der Waals surface area contributed by atoms with E-state index in [0.29, 0.717) is 6.10 Å². The molecule has 1 aromatic carbocycles. The molecule has 1 aromatic heterocycles. The Morgan fingerprint density at radius 2 is 1.94 bits per heavy atom. The van der Waals surface area contributed by atoms with Crippen LogP contribution in [0.15, 0.2) is 67.7 Å². The van der Waals surface area contributed by atoms with E-state index < -0.39 is 0 Å². The molecule has 0 aliphatic carbocycles. The number of allylic oxidation sites excluding steroid dienone is 2. The third-order valence-electron chi connectivity index (χ3n) is 4.27. The zero-order chi connectivity index (χ0) is 23.3. The van der Waals surface area contributed by atoms with Gasteiger partial charge in [0.15, 0.2) is 0 Å². The number of H-pyrrole nitrogens is 1. The van der Waals surface area contributed by atoms with E-state index in [4.69, 9.17) is 4.74 Å². The summed E-state index contributed by atoms with van der Waals surface area (Å²) in [6.45, 7) is 18.5. The number of rotatable bonds is 7. The van der Waals surface area contributed by atoms with E-state index in [1.165, 1.54) is 11.8 Å². The van der Waals surface area contributed by atoms with Crippen molar-refractivity contribution < 1.29 is 4.74 Å². The lowest BCUT2D eigenvalue weighted by molar-refractivity contribution is 0.162. The molecule has 0 unspecified atom stereocenters. The maximum atomic E-state index is 5.98. The smallest absolute Gasteiger partial charge is 0.120 e. The molecule has 5 nitrogen and oxygen atoms in total. The monoisotopic (exact) mass is 428 g/mol. The van der Waals surface area contributed by atoms with Gasteiger partial charge in [-0.15, -0.1) is 0 Å². The molecule has 4 N–H and O–H groups in total. The average Bonchev–Trinajstić information content (AvgIpc) is 3.26. The molecule has 0 radical (unpaired) electrons. The first-order valence-electron chi connectivity index (χ1n) is 11.4. The molecular formula is C26H44N4O. The summed E-state index contributed by atoms with van der Waals surface area (Å²) in [4.78, 5) is 3.18. The van der Waals surface area contributed by atoms with E-state index in [1.54, 1.807) is 6.20 Å². The van der Waals surface area contributed by atoms with Crippen molar-refractivity contribution in [2.24, 2.45) is 0 Å². The summed E-state index contributed by atoms with van der Waals surface area (Å²) < 4.78 is 5.98. The number of hydrogen-bond donors (Lipinski definition) is 4. The number of hydrogen-bond acceptors (Lipinski definition) is 4. The number of aromatic nitrogens is 1. The molecular weight excluding hydrogens is 384 g/mol. The van der Waals surface area contributed by atoms with E-state index in [-0.39, 0.29) is 0 Å². The van der Waals surface area contributed by atoms with Crippen LogP contribution in [0.3, 0.4) is 0 Å². The summed E-state index contributed by atoms with van der Waals surface area (Å²) in [5.74, 6) is 0.985. The van der Waals surface area contributed by atoms with Gasteiger partial charge >= 0.3 is 0 Å². The van der Waals surface area contributed by atoms with Gasteiger partial charge in [0.1, 0.15) is 11.9 Å². The van der Waals surface area contributed by atoms with E-state index in [9.17, 15) is 0 Å². The van der Waals surface area contributed by atoms with Crippen molar-refractivity contribution in [1.82, 2.24) is 20.9 Å². The highest BCUT2D eigenvalue weighted by atomic mass is 16.5. The van der Waals surface area contributed by atoms with E-state index in [0.717, 1.165) is 49.4 Å². The third-order valence-corrected chi connectivity index (χ3v) is 4.27. The molecule has 1 fully saturated rings. The van der Waals surface area contributed by atoms with Crippen LogP contribution in [0.2, 0.25) is 0 Å². The number of nitrogens with one attached hydrogen (secondary N) is 4. The van der Waals surface area contributed by atoms with Gasteiger partial charge in [-0.05, 0) is 89.4 Å². The van der Waals surface area contributed by atoms with Gasteiger partial charge in [-0.25, -0.2) is 0 Å². The van der Waals surface area contributed by atoms with Gasteiger partial charge in [0.05, 0.1) is 0 Å². The van der Waals surface area contributed by atoms with Crippen molar-refractivity contribution in [2.45, 2.75) is 53.1 Å². The van der Waals surface area contributed by atoms with Gasteiger partial charge in [0.2, 0.25) is 0 Å². The fourth-order valence-corrected chi connectivity index (χ4v) is 2.84. The summed E-state index contributed by atoms with van der Waals surface area (Å²) in [7, 11) is 1.96. The molecule has 1 aliphatic rings. The minimum atomic E-state index is 0.373. The molecule has 0 atom stereocenters. The predicted octanol–water partition coefficient (Wildman–Crippen LogP) is 5.75. The van der Waals surface area contributed by atoms with Crippen molar-refractivity contribution in [3.63, 3.8) is 0 Å². The lowest BCUT2D eigenvalue weighted by Crippen LogP contribution is -2.34. The first-order chi connectivity index (χ1) is 15.1. The summed E-state index contributed by atoms with van der Waals surface area (Å²) in [6, 6.07) is 8.30. The third kappa shape index (κ3) is 13.4. The SMILES string of the molecule is C=CNC(=C)/C=C\C.CC.CCCNC.c1cc2cc(OC3CCNCC3)ccc2[nH]1. The predicted molar refractivity (Wildman–Crippen MR) is 138 cm³/mol. The number of ether oxygens (including phenoxy) is 1. The van der Waals surface area contributed by atoms with Crippen LogP contribution in [-0.2, 0) is 0 Å². The van der Waals surface area contributed by atoms with Crippen LogP contribution in [0.25, 0.3) is 10.9 Å². The van der Waals surface area contributed by atoms with Crippen molar-refractivity contribution in [1.29, 1.82) is 0 Å². The average molecular weight is 429 g/mol. The van der Waals surface area contributed by atoms with Crippen LogP contribution < -0.4 is 20.7 Å². The van der Waals surface area contributed by atoms with Crippen molar-refractivity contribution in [3.05, 3.63) is 67.7 Å². The Balaban J connectivity index is 0.000000508. The zero-order valence-corrected chi connectivity index (χ0v) is 20.3. The lowest BCUT2D eigenvalue weighted by atomic mass is 10.1. The quantitative estimate of drug-likeness (QED) is 0.424. The summed E-state index contributed by atoms with van der Waals surface area (Å²) >= 11 is 0. The summed E-state index contributed by atoms with van der Waals surface area (Å²) in [6.07, 6.45) is 11.2. The Kier molecular flexibility index (Phi) is 17.9.